The number of benzene rings is 1. The molecule has 0 radical (unpaired) electrons. The number of hydrogen-bond donors (Lipinski definition) is 3. The zero-order chi connectivity index (χ0) is 17.9. The monoisotopic (exact) mass is 368 g/mol. The van der Waals surface area contributed by atoms with Crippen LogP contribution in [0.4, 0.5) is 0 Å². The van der Waals surface area contributed by atoms with E-state index in [4.69, 9.17) is 17.0 Å². The standard InChI is InChI=1S/C15H17ClN4O3S/c1-20(2)24(22,23)12-5-3-10(4-6-12)8-19-15(21)13-7-11(16)9-18-14(13)17/h3-7,9H,8H2,1-2H3,(H2,17,18)(H,19,21). The molecule has 0 bridgehead atoms. The Morgan fingerprint density at radius 3 is 2.50 bits per heavy atom. The van der Waals surface area contributed by atoms with Gasteiger partial charge >= 0.3 is 0 Å². The molecule has 0 fully saturated rings. The lowest BCUT2D eigenvalue weighted by Gasteiger charge is -2.12. The molecule has 2 rings (SSSR count). The molecule has 9 heteroatoms. The van der Waals surface area contributed by atoms with Crippen molar-refractivity contribution in [1.82, 2.24) is 14.6 Å². The molecule has 3 N–H and O–H groups in total. The highest BCUT2D eigenvalue weighted by atomic mass is 35.5. The summed E-state index contributed by atoms with van der Waals surface area (Å²) in [6.07, 6.45) is 1.42. The van der Waals surface area contributed by atoms with E-state index in [0.29, 0.717) is 5.02 Å². The van der Waals surface area contributed by atoms with Crippen LogP contribution in [0.25, 0.3) is 0 Å². The summed E-state index contributed by atoms with van der Waals surface area (Å²) in [4.78, 5) is 14.9. The zero-order valence-electron chi connectivity index (χ0n) is 13.1. The number of halogens is 1. The minimum absolute atomic E-state index is 0.0377. The lowest BCUT2D eigenvalue weighted by molar-refractivity contribution is 0.0949. The maximum atomic E-state index is 12.1. The van der Waals surface area contributed by atoms with E-state index >= 15 is 0 Å². The van der Waals surface area contributed by atoms with E-state index in [9.17, 15) is 13.2 Å². The van der Waals surface area contributed by atoms with Crippen molar-refractivity contribution in [2.75, 3.05) is 14.1 Å². The molecule has 0 saturated carbocycles. The largest absolute Gasteiger partial charge is 0.348 e. The van der Waals surface area contributed by atoms with Gasteiger partial charge in [-0.15, -0.1) is 0 Å². The number of carbonyl (C=O) groups excluding carboxylic acids is 1. The minimum atomic E-state index is -3.48. The molecule has 1 heterocycles. The van der Waals surface area contributed by atoms with Crippen LogP contribution >= 0.6 is 11.6 Å². The van der Waals surface area contributed by atoms with Crippen LogP contribution in [0.15, 0.2) is 41.4 Å². The number of pyridine rings is 1. The van der Waals surface area contributed by atoms with Crippen LogP contribution in [0.2, 0.25) is 5.02 Å². The number of hydrogen-bond acceptors (Lipinski definition) is 4. The van der Waals surface area contributed by atoms with Gasteiger partial charge < -0.3 is 10.3 Å². The van der Waals surface area contributed by atoms with Crippen LogP contribution in [0.5, 0.6) is 0 Å². The number of rotatable bonds is 5. The smallest absolute Gasteiger partial charge is 0.255 e. The van der Waals surface area contributed by atoms with Crippen LogP contribution in [-0.4, -0.2) is 37.7 Å². The fourth-order valence-corrected chi connectivity index (χ4v) is 2.98. The molecule has 1 amide bonds. The van der Waals surface area contributed by atoms with Crippen molar-refractivity contribution in [1.29, 1.82) is 5.41 Å². The molecular weight excluding hydrogens is 352 g/mol. The lowest BCUT2D eigenvalue weighted by Crippen LogP contribution is -2.29. The fourth-order valence-electron chi connectivity index (χ4n) is 1.92. The van der Waals surface area contributed by atoms with Crippen LogP contribution in [0, 0.1) is 5.41 Å². The van der Waals surface area contributed by atoms with E-state index in [-0.39, 0.29) is 22.5 Å². The molecule has 0 aliphatic heterocycles. The number of aromatic nitrogens is 1. The van der Waals surface area contributed by atoms with E-state index in [1.807, 2.05) is 0 Å². The first-order chi connectivity index (χ1) is 11.2. The third-order valence-corrected chi connectivity index (χ3v) is 5.35. The highest BCUT2D eigenvalue weighted by molar-refractivity contribution is 7.89. The second kappa shape index (κ2) is 7.16. The zero-order valence-corrected chi connectivity index (χ0v) is 14.7. The topological polar surface area (TPSA) is 106 Å². The van der Waals surface area contributed by atoms with Gasteiger partial charge in [-0.05, 0) is 23.8 Å². The number of H-pyrrole nitrogens is 1. The maximum absolute atomic E-state index is 12.1. The number of nitrogens with one attached hydrogen (secondary N) is 3. The number of nitrogens with zero attached hydrogens (tertiary/aromatic N) is 1. The summed E-state index contributed by atoms with van der Waals surface area (Å²) in [7, 11) is -0.551. The molecule has 0 aliphatic rings. The Bertz CT molecular complexity index is 905. The van der Waals surface area contributed by atoms with Gasteiger partial charge in [0.05, 0.1) is 15.5 Å². The molecule has 0 atom stereocenters. The van der Waals surface area contributed by atoms with Gasteiger partial charge in [0.2, 0.25) is 10.0 Å². The number of amides is 1. The summed E-state index contributed by atoms with van der Waals surface area (Å²) >= 11 is 5.81. The van der Waals surface area contributed by atoms with Crippen molar-refractivity contribution >= 4 is 27.5 Å². The highest BCUT2D eigenvalue weighted by Crippen LogP contribution is 2.14. The van der Waals surface area contributed by atoms with Crippen molar-refractivity contribution in [3.05, 3.63) is 58.2 Å². The number of sulfonamides is 1. The molecule has 24 heavy (non-hydrogen) atoms. The van der Waals surface area contributed by atoms with Crippen LogP contribution in [0.3, 0.4) is 0 Å². The first kappa shape index (κ1) is 18.2. The van der Waals surface area contributed by atoms with Gasteiger partial charge in [0.25, 0.3) is 5.91 Å². The van der Waals surface area contributed by atoms with Crippen molar-refractivity contribution in [3.8, 4) is 0 Å². The van der Waals surface area contributed by atoms with E-state index in [0.717, 1.165) is 9.87 Å². The van der Waals surface area contributed by atoms with Crippen LogP contribution in [0.1, 0.15) is 15.9 Å². The molecule has 2 aromatic rings. The molecule has 0 aliphatic carbocycles. The lowest BCUT2D eigenvalue weighted by atomic mass is 10.2. The normalized spacial score (nSPS) is 11.5. The van der Waals surface area contributed by atoms with Crippen molar-refractivity contribution < 1.29 is 13.2 Å². The number of aromatic amines is 1. The van der Waals surface area contributed by atoms with E-state index in [1.54, 1.807) is 12.1 Å². The quantitative estimate of drug-likeness (QED) is 0.741. The Morgan fingerprint density at radius 2 is 1.92 bits per heavy atom. The third kappa shape index (κ3) is 4.02. The molecule has 1 aromatic heterocycles. The average Bonchev–Trinajstić information content (AvgIpc) is 2.55. The Hall–Kier alpha value is -2.16. The molecule has 7 nitrogen and oxygen atoms in total. The van der Waals surface area contributed by atoms with E-state index in [1.165, 1.54) is 38.5 Å². The molecule has 0 unspecified atom stereocenters. The Kier molecular flexibility index (Phi) is 5.43. The molecule has 0 spiro atoms. The maximum Gasteiger partial charge on any atom is 0.255 e. The molecule has 0 saturated heterocycles. The fraction of sp³-hybridized carbons (Fsp3) is 0.200. The van der Waals surface area contributed by atoms with Gasteiger partial charge in [0.1, 0.15) is 5.49 Å². The Labute approximate surface area is 144 Å². The SMILES string of the molecule is CN(C)S(=O)(=O)c1ccc(CNC(=O)c2cc(Cl)c[nH]c2=N)cc1. The molecule has 1 aromatic carbocycles. The summed E-state index contributed by atoms with van der Waals surface area (Å²) in [6, 6.07) is 7.63. The molecule has 128 valence electrons. The summed E-state index contributed by atoms with van der Waals surface area (Å²) in [5.74, 6) is -0.441. The van der Waals surface area contributed by atoms with Crippen molar-refractivity contribution in [2.24, 2.45) is 0 Å². The Balaban J connectivity index is 2.09. The summed E-state index contributed by atoms with van der Waals surface area (Å²) in [5, 5.41) is 10.7. The van der Waals surface area contributed by atoms with Gasteiger partial charge in [-0.3, -0.25) is 10.2 Å². The van der Waals surface area contributed by atoms with Crippen LogP contribution < -0.4 is 10.8 Å². The van der Waals surface area contributed by atoms with E-state index < -0.39 is 15.9 Å². The third-order valence-electron chi connectivity index (χ3n) is 3.31. The first-order valence-corrected chi connectivity index (χ1v) is 8.76. The number of carbonyl (C=O) groups is 1. The van der Waals surface area contributed by atoms with Crippen molar-refractivity contribution in [3.63, 3.8) is 0 Å². The second-order valence-corrected chi connectivity index (χ2v) is 7.81. The van der Waals surface area contributed by atoms with Gasteiger partial charge in [-0.2, -0.15) is 0 Å². The van der Waals surface area contributed by atoms with E-state index in [2.05, 4.69) is 10.3 Å². The predicted molar refractivity (Wildman–Crippen MR) is 90.1 cm³/mol. The predicted octanol–water partition coefficient (Wildman–Crippen LogP) is 1.33. The summed E-state index contributed by atoms with van der Waals surface area (Å²) in [6.45, 7) is 0.201. The van der Waals surface area contributed by atoms with Crippen LogP contribution in [-0.2, 0) is 16.6 Å². The second-order valence-electron chi connectivity index (χ2n) is 5.22. The van der Waals surface area contributed by atoms with Crippen molar-refractivity contribution in [2.45, 2.75) is 11.4 Å². The summed E-state index contributed by atoms with van der Waals surface area (Å²) < 4.78 is 25.1. The molecular formula is C15H17ClN4O3S. The summed E-state index contributed by atoms with van der Waals surface area (Å²) in [5.41, 5.74) is 0.831. The van der Waals surface area contributed by atoms with Gasteiger partial charge in [-0.1, -0.05) is 23.7 Å². The minimum Gasteiger partial charge on any atom is -0.348 e. The van der Waals surface area contributed by atoms with Gasteiger partial charge in [-0.25, -0.2) is 12.7 Å². The van der Waals surface area contributed by atoms with Gasteiger partial charge in [0.15, 0.2) is 0 Å². The average molecular weight is 369 g/mol. The Morgan fingerprint density at radius 1 is 1.29 bits per heavy atom. The first-order valence-electron chi connectivity index (χ1n) is 6.94. The van der Waals surface area contributed by atoms with Gasteiger partial charge in [0, 0.05) is 26.8 Å². The highest BCUT2D eigenvalue weighted by Gasteiger charge is 2.16.